The number of hydrogen-bond donors (Lipinski definition) is 1. The van der Waals surface area contributed by atoms with E-state index in [0.717, 1.165) is 28.1 Å². The molecular weight excluding hydrogens is 416 g/mol. The molecule has 1 aromatic heterocycles. The first-order valence-electron chi connectivity index (χ1n) is 9.35. The van der Waals surface area contributed by atoms with E-state index in [1.807, 2.05) is 84.3 Å². The first-order chi connectivity index (χ1) is 14.6. The molecular formula is C23H19ClN4OS. The molecule has 0 saturated carbocycles. The topological polar surface area (TPSA) is 59.8 Å². The highest BCUT2D eigenvalue weighted by Crippen LogP contribution is 2.28. The Balaban J connectivity index is 1.46. The maximum absolute atomic E-state index is 12.6. The van der Waals surface area contributed by atoms with Crippen LogP contribution in [0, 0.1) is 6.92 Å². The van der Waals surface area contributed by atoms with Crippen LogP contribution in [-0.2, 0) is 4.79 Å². The average Bonchev–Trinajstić information content (AvgIpc) is 3.24. The van der Waals surface area contributed by atoms with Crippen molar-refractivity contribution in [3.05, 3.63) is 89.7 Å². The summed E-state index contributed by atoms with van der Waals surface area (Å²) in [5.41, 5.74) is 4.67. The van der Waals surface area contributed by atoms with Crippen molar-refractivity contribution in [1.29, 1.82) is 0 Å². The molecule has 0 atom stereocenters. The molecule has 150 valence electrons. The Labute approximate surface area is 184 Å². The first-order valence-corrected chi connectivity index (χ1v) is 10.7. The lowest BCUT2D eigenvalue weighted by atomic mass is 10.0. The normalized spacial score (nSPS) is 10.7. The second kappa shape index (κ2) is 9.15. The number of anilines is 1. The molecule has 0 radical (unpaired) electrons. The molecule has 0 aliphatic rings. The minimum Gasteiger partial charge on any atom is -0.325 e. The van der Waals surface area contributed by atoms with Crippen LogP contribution in [0.25, 0.3) is 16.8 Å². The third kappa shape index (κ3) is 4.56. The Hall–Kier alpha value is -3.09. The predicted octanol–water partition coefficient (Wildman–Crippen LogP) is 5.63. The van der Waals surface area contributed by atoms with E-state index in [2.05, 4.69) is 15.5 Å². The fourth-order valence-corrected chi connectivity index (χ4v) is 3.91. The smallest absolute Gasteiger partial charge is 0.234 e. The molecule has 4 aromatic rings. The SMILES string of the molecule is Cc1ccc(-n2cnnc2SCC(=O)Nc2ccccc2-c2ccccc2)cc1Cl. The van der Waals surface area contributed by atoms with Gasteiger partial charge in [-0.1, -0.05) is 78.0 Å². The molecule has 30 heavy (non-hydrogen) atoms. The molecule has 0 saturated heterocycles. The van der Waals surface area contributed by atoms with E-state index in [0.29, 0.717) is 10.2 Å². The van der Waals surface area contributed by atoms with E-state index in [-0.39, 0.29) is 11.7 Å². The first kappa shape index (κ1) is 20.2. The van der Waals surface area contributed by atoms with Crippen LogP contribution in [0.5, 0.6) is 0 Å². The molecule has 0 unspecified atom stereocenters. The monoisotopic (exact) mass is 434 g/mol. The van der Waals surface area contributed by atoms with Gasteiger partial charge >= 0.3 is 0 Å². The number of aromatic nitrogens is 3. The molecule has 1 N–H and O–H groups in total. The third-order valence-corrected chi connectivity index (χ3v) is 5.92. The molecule has 0 bridgehead atoms. The molecule has 1 amide bonds. The molecule has 0 aliphatic carbocycles. The molecule has 5 nitrogen and oxygen atoms in total. The van der Waals surface area contributed by atoms with Gasteiger partial charge in [0.25, 0.3) is 0 Å². The van der Waals surface area contributed by atoms with Crippen LogP contribution in [0.15, 0.2) is 84.3 Å². The van der Waals surface area contributed by atoms with E-state index in [1.54, 1.807) is 6.33 Å². The van der Waals surface area contributed by atoms with Gasteiger partial charge in [0, 0.05) is 16.3 Å². The minimum atomic E-state index is -0.111. The Morgan fingerprint density at radius 3 is 2.63 bits per heavy atom. The summed E-state index contributed by atoms with van der Waals surface area (Å²) in [5.74, 6) is 0.0985. The fourth-order valence-electron chi connectivity index (χ4n) is 3.01. The van der Waals surface area contributed by atoms with Gasteiger partial charge in [-0.05, 0) is 36.2 Å². The number of thioether (sulfide) groups is 1. The lowest BCUT2D eigenvalue weighted by Gasteiger charge is -2.11. The number of nitrogens with zero attached hydrogens (tertiary/aromatic N) is 3. The summed E-state index contributed by atoms with van der Waals surface area (Å²) < 4.78 is 1.82. The van der Waals surface area contributed by atoms with Gasteiger partial charge in [-0.15, -0.1) is 10.2 Å². The predicted molar refractivity (Wildman–Crippen MR) is 122 cm³/mol. The zero-order valence-corrected chi connectivity index (χ0v) is 17.8. The van der Waals surface area contributed by atoms with Gasteiger partial charge in [-0.25, -0.2) is 0 Å². The second-order valence-electron chi connectivity index (χ2n) is 6.67. The van der Waals surface area contributed by atoms with E-state index >= 15 is 0 Å². The van der Waals surface area contributed by atoms with Crippen LogP contribution < -0.4 is 5.32 Å². The zero-order chi connectivity index (χ0) is 20.9. The van der Waals surface area contributed by atoms with E-state index < -0.39 is 0 Å². The number of nitrogens with one attached hydrogen (secondary N) is 1. The Kier molecular flexibility index (Phi) is 6.16. The van der Waals surface area contributed by atoms with Crippen molar-refractivity contribution in [2.45, 2.75) is 12.1 Å². The lowest BCUT2D eigenvalue weighted by Crippen LogP contribution is -2.15. The highest BCUT2D eigenvalue weighted by atomic mass is 35.5. The maximum Gasteiger partial charge on any atom is 0.234 e. The fraction of sp³-hybridized carbons (Fsp3) is 0.0870. The molecule has 4 rings (SSSR count). The molecule has 3 aromatic carbocycles. The second-order valence-corrected chi connectivity index (χ2v) is 8.02. The van der Waals surface area contributed by atoms with Crippen LogP contribution in [0.4, 0.5) is 5.69 Å². The number of carbonyl (C=O) groups excluding carboxylic acids is 1. The molecule has 7 heteroatoms. The van der Waals surface area contributed by atoms with E-state index in [1.165, 1.54) is 11.8 Å². The number of amides is 1. The number of halogens is 1. The molecule has 0 fully saturated rings. The summed E-state index contributed by atoms with van der Waals surface area (Å²) in [6, 6.07) is 23.5. The Morgan fingerprint density at radius 1 is 1.07 bits per heavy atom. The highest BCUT2D eigenvalue weighted by Gasteiger charge is 2.13. The van der Waals surface area contributed by atoms with Crippen LogP contribution in [0.1, 0.15) is 5.56 Å². The van der Waals surface area contributed by atoms with Crippen molar-refractivity contribution in [2.75, 3.05) is 11.1 Å². The van der Waals surface area contributed by atoms with E-state index in [9.17, 15) is 4.79 Å². The van der Waals surface area contributed by atoms with Crippen molar-refractivity contribution in [2.24, 2.45) is 0 Å². The van der Waals surface area contributed by atoms with Gasteiger partial charge in [0.15, 0.2) is 5.16 Å². The minimum absolute atomic E-state index is 0.111. The van der Waals surface area contributed by atoms with E-state index in [4.69, 9.17) is 11.6 Å². The molecule has 0 aliphatic heterocycles. The average molecular weight is 435 g/mol. The van der Waals surface area contributed by atoms with Crippen molar-refractivity contribution in [3.8, 4) is 16.8 Å². The molecule has 0 spiro atoms. The van der Waals surface area contributed by atoms with Gasteiger partial charge in [0.1, 0.15) is 6.33 Å². The maximum atomic E-state index is 12.6. The number of para-hydroxylation sites is 1. The van der Waals surface area contributed by atoms with Crippen LogP contribution in [-0.4, -0.2) is 26.4 Å². The van der Waals surface area contributed by atoms with Crippen molar-refractivity contribution in [1.82, 2.24) is 14.8 Å². The highest BCUT2D eigenvalue weighted by molar-refractivity contribution is 7.99. The van der Waals surface area contributed by atoms with Crippen LogP contribution >= 0.6 is 23.4 Å². The summed E-state index contributed by atoms with van der Waals surface area (Å²) >= 11 is 7.56. The van der Waals surface area contributed by atoms with Crippen molar-refractivity contribution in [3.63, 3.8) is 0 Å². The standard InChI is InChI=1S/C23H19ClN4OS/c1-16-11-12-18(13-20(16)24)28-15-25-27-23(28)30-14-22(29)26-21-10-6-5-9-19(21)17-7-3-2-4-8-17/h2-13,15H,14H2,1H3,(H,26,29). The van der Waals surface area contributed by atoms with Gasteiger partial charge in [-0.2, -0.15) is 0 Å². The lowest BCUT2D eigenvalue weighted by molar-refractivity contribution is -0.113. The summed E-state index contributed by atoms with van der Waals surface area (Å²) in [7, 11) is 0. The number of hydrogen-bond acceptors (Lipinski definition) is 4. The third-order valence-electron chi connectivity index (χ3n) is 4.57. The summed E-state index contributed by atoms with van der Waals surface area (Å²) in [6.45, 7) is 1.95. The van der Waals surface area contributed by atoms with Crippen LogP contribution in [0.2, 0.25) is 5.02 Å². The van der Waals surface area contributed by atoms with Gasteiger partial charge in [0.05, 0.1) is 11.4 Å². The van der Waals surface area contributed by atoms with Gasteiger partial charge in [0.2, 0.25) is 5.91 Å². The number of rotatable bonds is 6. The van der Waals surface area contributed by atoms with Gasteiger partial charge in [-0.3, -0.25) is 9.36 Å². The zero-order valence-electron chi connectivity index (χ0n) is 16.2. The molecule has 1 heterocycles. The summed E-state index contributed by atoms with van der Waals surface area (Å²) in [6.07, 6.45) is 1.62. The summed E-state index contributed by atoms with van der Waals surface area (Å²) in [5, 5.41) is 12.4. The van der Waals surface area contributed by atoms with Crippen molar-refractivity contribution < 1.29 is 4.79 Å². The number of aryl methyl sites for hydroxylation is 1. The number of benzene rings is 3. The summed E-state index contributed by atoms with van der Waals surface area (Å²) in [4.78, 5) is 12.6. The van der Waals surface area contributed by atoms with Crippen LogP contribution in [0.3, 0.4) is 0 Å². The Morgan fingerprint density at radius 2 is 1.83 bits per heavy atom. The largest absolute Gasteiger partial charge is 0.325 e. The number of carbonyl (C=O) groups is 1. The van der Waals surface area contributed by atoms with Crippen molar-refractivity contribution >= 4 is 35.0 Å². The quantitative estimate of drug-likeness (QED) is 0.400. The van der Waals surface area contributed by atoms with Gasteiger partial charge < -0.3 is 5.32 Å². The Bertz CT molecular complexity index is 1180.